The molecule has 1 aromatic carbocycles. The normalized spacial score (nSPS) is 14.7. The van der Waals surface area contributed by atoms with Gasteiger partial charge in [-0.05, 0) is 18.4 Å². The summed E-state index contributed by atoms with van der Waals surface area (Å²) in [6, 6.07) is 10.5. The Morgan fingerprint density at radius 2 is 1.88 bits per heavy atom. The van der Waals surface area contributed by atoms with Crippen LogP contribution in [0.25, 0.3) is 0 Å². The zero-order chi connectivity index (χ0) is 11.9. The van der Waals surface area contributed by atoms with Crippen LogP contribution >= 0.6 is 11.8 Å². The summed E-state index contributed by atoms with van der Waals surface area (Å²) in [5, 5.41) is 9.11. The van der Waals surface area contributed by atoms with Crippen LogP contribution in [0.4, 0.5) is 0 Å². The second kappa shape index (κ2) is 6.97. The molecule has 1 atom stereocenters. The fraction of sp³-hybridized carbons (Fsp3) is 0.571. The van der Waals surface area contributed by atoms with E-state index in [1.807, 2.05) is 17.8 Å². The molecule has 0 aliphatic carbocycles. The topological polar surface area (TPSA) is 20.2 Å². The van der Waals surface area contributed by atoms with E-state index in [1.54, 1.807) is 0 Å². The third-order valence-electron chi connectivity index (χ3n) is 2.85. The molecule has 1 aromatic rings. The number of benzene rings is 1. The Bertz CT molecular complexity index is 278. The summed E-state index contributed by atoms with van der Waals surface area (Å²) in [4.78, 5) is 0. The first-order chi connectivity index (χ1) is 7.70. The van der Waals surface area contributed by atoms with Gasteiger partial charge in [-0.15, -0.1) is 0 Å². The fourth-order valence-electron chi connectivity index (χ4n) is 1.87. The lowest BCUT2D eigenvalue weighted by Gasteiger charge is -2.28. The van der Waals surface area contributed by atoms with Gasteiger partial charge in [-0.1, -0.05) is 50.6 Å². The molecule has 1 unspecified atom stereocenters. The lowest BCUT2D eigenvalue weighted by atomic mass is 10.0. The molecule has 0 aromatic heterocycles. The van der Waals surface area contributed by atoms with Crippen molar-refractivity contribution in [2.75, 3.05) is 6.61 Å². The molecule has 0 heterocycles. The van der Waals surface area contributed by atoms with Crippen LogP contribution in [0, 0.1) is 0 Å². The zero-order valence-corrected chi connectivity index (χ0v) is 11.1. The Kier molecular flexibility index (Phi) is 5.93. The molecule has 0 radical (unpaired) electrons. The van der Waals surface area contributed by atoms with E-state index in [0.717, 1.165) is 12.2 Å². The van der Waals surface area contributed by atoms with E-state index >= 15 is 0 Å². The van der Waals surface area contributed by atoms with Gasteiger partial charge in [-0.3, -0.25) is 0 Å². The summed E-state index contributed by atoms with van der Waals surface area (Å²) >= 11 is 1.97. The number of rotatable bonds is 7. The molecule has 16 heavy (non-hydrogen) atoms. The van der Waals surface area contributed by atoms with Crippen LogP contribution in [0.3, 0.4) is 0 Å². The summed E-state index contributed by atoms with van der Waals surface area (Å²) in [5.74, 6) is 1.04. The first kappa shape index (κ1) is 13.6. The average Bonchev–Trinajstić information content (AvgIpc) is 2.29. The summed E-state index contributed by atoms with van der Waals surface area (Å²) in [7, 11) is 0. The standard InChI is InChI=1S/C14H22OS/c1-3-9-14(2,10-11-15)16-12-13-7-5-4-6-8-13/h4-8,15H,3,9-12H2,1-2H3. The minimum Gasteiger partial charge on any atom is -0.396 e. The van der Waals surface area contributed by atoms with Crippen molar-refractivity contribution in [3.63, 3.8) is 0 Å². The first-order valence-electron chi connectivity index (χ1n) is 5.99. The molecule has 0 saturated heterocycles. The van der Waals surface area contributed by atoms with Crippen LogP contribution in [0.15, 0.2) is 30.3 Å². The Hall–Kier alpha value is -0.470. The largest absolute Gasteiger partial charge is 0.396 e. The summed E-state index contributed by atoms with van der Waals surface area (Å²) in [6.07, 6.45) is 3.24. The maximum atomic E-state index is 9.11. The van der Waals surface area contributed by atoms with Gasteiger partial charge in [0.1, 0.15) is 0 Å². The number of hydrogen-bond donors (Lipinski definition) is 1. The minimum atomic E-state index is 0.222. The van der Waals surface area contributed by atoms with Crippen molar-refractivity contribution < 1.29 is 5.11 Å². The van der Waals surface area contributed by atoms with Crippen molar-refractivity contribution >= 4 is 11.8 Å². The van der Waals surface area contributed by atoms with E-state index in [-0.39, 0.29) is 11.4 Å². The second-order valence-electron chi connectivity index (χ2n) is 4.45. The van der Waals surface area contributed by atoms with Crippen molar-refractivity contribution in [1.29, 1.82) is 0 Å². The van der Waals surface area contributed by atoms with E-state index in [2.05, 4.69) is 38.1 Å². The SMILES string of the molecule is CCCC(C)(CCO)SCc1ccccc1. The predicted molar refractivity (Wildman–Crippen MR) is 72.8 cm³/mol. The van der Waals surface area contributed by atoms with Crippen LogP contribution < -0.4 is 0 Å². The third kappa shape index (κ3) is 4.58. The molecule has 0 amide bonds. The number of aliphatic hydroxyl groups is 1. The molecule has 0 saturated carbocycles. The van der Waals surface area contributed by atoms with Gasteiger partial charge in [0, 0.05) is 17.1 Å². The van der Waals surface area contributed by atoms with E-state index in [1.165, 1.54) is 18.4 Å². The molecule has 1 nitrogen and oxygen atoms in total. The third-order valence-corrected chi connectivity index (χ3v) is 4.43. The maximum Gasteiger partial charge on any atom is 0.0444 e. The van der Waals surface area contributed by atoms with Crippen molar-refractivity contribution in [2.45, 2.75) is 43.6 Å². The smallest absolute Gasteiger partial charge is 0.0444 e. The number of thioether (sulfide) groups is 1. The van der Waals surface area contributed by atoms with E-state index in [0.29, 0.717) is 0 Å². The van der Waals surface area contributed by atoms with Crippen molar-refractivity contribution in [3.8, 4) is 0 Å². The van der Waals surface area contributed by atoms with Crippen LogP contribution in [0.2, 0.25) is 0 Å². The molecule has 90 valence electrons. The van der Waals surface area contributed by atoms with E-state index in [4.69, 9.17) is 5.11 Å². The van der Waals surface area contributed by atoms with Gasteiger partial charge in [-0.25, -0.2) is 0 Å². The zero-order valence-electron chi connectivity index (χ0n) is 10.3. The number of hydrogen-bond acceptors (Lipinski definition) is 2. The van der Waals surface area contributed by atoms with Crippen LogP contribution in [-0.2, 0) is 5.75 Å². The van der Waals surface area contributed by atoms with Crippen LogP contribution in [-0.4, -0.2) is 16.5 Å². The fourth-order valence-corrected chi connectivity index (χ4v) is 3.16. The van der Waals surface area contributed by atoms with E-state index < -0.39 is 0 Å². The highest BCUT2D eigenvalue weighted by Gasteiger charge is 2.22. The quantitative estimate of drug-likeness (QED) is 0.778. The van der Waals surface area contributed by atoms with Gasteiger partial charge in [0.05, 0.1) is 0 Å². The maximum absolute atomic E-state index is 9.11. The van der Waals surface area contributed by atoms with Crippen molar-refractivity contribution in [2.24, 2.45) is 0 Å². The lowest BCUT2D eigenvalue weighted by molar-refractivity contribution is 0.268. The molecular weight excluding hydrogens is 216 g/mol. The minimum absolute atomic E-state index is 0.222. The van der Waals surface area contributed by atoms with Gasteiger partial charge in [0.15, 0.2) is 0 Å². The summed E-state index contributed by atoms with van der Waals surface area (Å²) in [5.41, 5.74) is 1.37. The Morgan fingerprint density at radius 3 is 2.44 bits per heavy atom. The highest BCUT2D eigenvalue weighted by Crippen LogP contribution is 2.35. The average molecular weight is 238 g/mol. The molecule has 2 heteroatoms. The van der Waals surface area contributed by atoms with Gasteiger partial charge in [0.25, 0.3) is 0 Å². The van der Waals surface area contributed by atoms with Gasteiger partial charge in [-0.2, -0.15) is 11.8 Å². The van der Waals surface area contributed by atoms with Crippen molar-refractivity contribution in [1.82, 2.24) is 0 Å². The molecule has 0 spiro atoms. The van der Waals surface area contributed by atoms with Gasteiger partial charge < -0.3 is 5.11 Å². The molecule has 1 N–H and O–H groups in total. The second-order valence-corrected chi connectivity index (χ2v) is 6.01. The molecule has 0 bridgehead atoms. The molecule has 1 rings (SSSR count). The predicted octanol–water partition coefficient (Wildman–Crippen LogP) is 3.86. The van der Waals surface area contributed by atoms with Gasteiger partial charge in [0.2, 0.25) is 0 Å². The Labute approximate surface area is 103 Å². The molecule has 0 fully saturated rings. The molecule has 0 aliphatic rings. The summed E-state index contributed by atoms with van der Waals surface area (Å²) in [6.45, 7) is 4.76. The Morgan fingerprint density at radius 1 is 1.19 bits per heavy atom. The highest BCUT2D eigenvalue weighted by molar-refractivity contribution is 7.99. The first-order valence-corrected chi connectivity index (χ1v) is 6.97. The number of aliphatic hydroxyl groups excluding tert-OH is 1. The highest BCUT2D eigenvalue weighted by atomic mass is 32.2. The van der Waals surface area contributed by atoms with Gasteiger partial charge >= 0.3 is 0 Å². The lowest BCUT2D eigenvalue weighted by Crippen LogP contribution is -2.21. The molecule has 0 aliphatic heterocycles. The van der Waals surface area contributed by atoms with E-state index in [9.17, 15) is 0 Å². The van der Waals surface area contributed by atoms with Crippen LogP contribution in [0.1, 0.15) is 38.7 Å². The van der Waals surface area contributed by atoms with Crippen molar-refractivity contribution in [3.05, 3.63) is 35.9 Å². The summed E-state index contributed by atoms with van der Waals surface area (Å²) < 4.78 is 0.222. The van der Waals surface area contributed by atoms with Crippen LogP contribution in [0.5, 0.6) is 0 Å². The monoisotopic (exact) mass is 238 g/mol. The molecular formula is C14H22OS. The Balaban J connectivity index is 2.49.